The fraction of sp³-hybridized carbons (Fsp3) is 0.167. The number of rotatable bonds is 3. The van der Waals surface area contributed by atoms with E-state index in [0.717, 1.165) is 17.9 Å². The molecule has 1 heterocycles. The van der Waals surface area contributed by atoms with Crippen molar-refractivity contribution < 1.29 is 4.79 Å². The number of aryl methyl sites for hydroxylation is 1. The van der Waals surface area contributed by atoms with Gasteiger partial charge >= 0.3 is 0 Å². The number of amides is 1. The first kappa shape index (κ1) is 11.2. The normalized spacial score (nSPS) is 10.4. The van der Waals surface area contributed by atoms with Crippen molar-refractivity contribution in [3.05, 3.63) is 42.0 Å². The zero-order valence-corrected chi connectivity index (χ0v) is 9.55. The molecule has 0 aliphatic heterocycles. The predicted octanol–water partition coefficient (Wildman–Crippen LogP) is 1.12. The minimum absolute atomic E-state index is 0.332. The predicted molar refractivity (Wildman–Crippen MR) is 65.9 cm³/mol. The third kappa shape index (κ3) is 1.87. The molecule has 0 spiro atoms. The second-order valence-corrected chi connectivity index (χ2v) is 3.67. The molecule has 88 valence electrons. The second kappa shape index (κ2) is 4.29. The van der Waals surface area contributed by atoms with E-state index in [1.165, 1.54) is 0 Å². The van der Waals surface area contributed by atoms with Gasteiger partial charge in [-0.25, -0.2) is 4.98 Å². The van der Waals surface area contributed by atoms with Crippen LogP contribution in [0.3, 0.4) is 0 Å². The minimum atomic E-state index is -0.525. The highest BCUT2D eigenvalue weighted by Crippen LogP contribution is 2.22. The summed E-state index contributed by atoms with van der Waals surface area (Å²) in [4.78, 5) is 15.4. The third-order valence-corrected chi connectivity index (χ3v) is 2.64. The highest BCUT2D eigenvalue weighted by Gasteiger charge is 2.12. The second-order valence-electron chi connectivity index (χ2n) is 3.67. The Kier molecular flexibility index (Phi) is 2.82. The number of nitrogens with zero attached hydrogens (tertiary/aromatic N) is 2. The number of primary amides is 1. The van der Waals surface area contributed by atoms with Crippen molar-refractivity contribution in [2.75, 3.05) is 5.73 Å². The van der Waals surface area contributed by atoms with Gasteiger partial charge in [0.2, 0.25) is 0 Å². The van der Waals surface area contributed by atoms with Crippen molar-refractivity contribution >= 4 is 11.6 Å². The van der Waals surface area contributed by atoms with E-state index in [-0.39, 0.29) is 0 Å². The average Bonchev–Trinajstić information content (AvgIpc) is 2.76. The van der Waals surface area contributed by atoms with Gasteiger partial charge in [-0.2, -0.15) is 0 Å². The summed E-state index contributed by atoms with van der Waals surface area (Å²) in [6.45, 7) is 2.01. The highest BCUT2D eigenvalue weighted by molar-refractivity contribution is 5.99. The van der Waals surface area contributed by atoms with Crippen molar-refractivity contribution in [1.29, 1.82) is 0 Å². The van der Waals surface area contributed by atoms with Crippen LogP contribution in [0.4, 0.5) is 5.69 Å². The molecule has 0 aliphatic rings. The van der Waals surface area contributed by atoms with Crippen LogP contribution in [-0.4, -0.2) is 15.5 Å². The number of para-hydroxylation sites is 1. The van der Waals surface area contributed by atoms with Crippen LogP contribution in [0.25, 0.3) is 5.69 Å². The number of carbonyl (C=O) groups excluding carboxylic acids is 1. The zero-order valence-electron chi connectivity index (χ0n) is 9.55. The smallest absolute Gasteiger partial charge is 0.250 e. The van der Waals surface area contributed by atoms with Crippen molar-refractivity contribution in [1.82, 2.24) is 9.55 Å². The van der Waals surface area contributed by atoms with Gasteiger partial charge in [0.25, 0.3) is 5.91 Å². The molecule has 1 amide bonds. The van der Waals surface area contributed by atoms with E-state index >= 15 is 0 Å². The maximum Gasteiger partial charge on any atom is 0.250 e. The summed E-state index contributed by atoms with van der Waals surface area (Å²) in [6, 6.07) is 5.21. The van der Waals surface area contributed by atoms with Gasteiger partial charge in [0, 0.05) is 18.8 Å². The summed E-state index contributed by atoms with van der Waals surface area (Å²) in [7, 11) is 0. The molecule has 2 aromatic rings. The Balaban J connectivity index is 2.60. The Hall–Kier alpha value is -2.30. The molecule has 17 heavy (non-hydrogen) atoms. The molecule has 2 rings (SSSR count). The van der Waals surface area contributed by atoms with Crippen LogP contribution in [0, 0.1) is 0 Å². The van der Waals surface area contributed by atoms with E-state index < -0.39 is 5.91 Å². The van der Waals surface area contributed by atoms with Crippen LogP contribution in [0.1, 0.15) is 23.1 Å². The number of imidazole rings is 1. The fourth-order valence-electron chi connectivity index (χ4n) is 1.79. The topological polar surface area (TPSA) is 86.9 Å². The van der Waals surface area contributed by atoms with Gasteiger partial charge in [0.05, 0.1) is 16.9 Å². The van der Waals surface area contributed by atoms with Crippen molar-refractivity contribution in [3.8, 4) is 5.69 Å². The lowest BCUT2D eigenvalue weighted by Gasteiger charge is -2.11. The lowest BCUT2D eigenvalue weighted by atomic mass is 10.1. The molecular formula is C12H14N4O. The lowest BCUT2D eigenvalue weighted by molar-refractivity contribution is 0.100. The minimum Gasteiger partial charge on any atom is -0.396 e. The number of nitrogen functional groups attached to an aromatic ring is 1. The summed E-state index contributed by atoms with van der Waals surface area (Å²) in [5.74, 6) is 0.362. The quantitative estimate of drug-likeness (QED) is 0.774. The largest absolute Gasteiger partial charge is 0.396 e. The average molecular weight is 230 g/mol. The Morgan fingerprint density at radius 2 is 2.24 bits per heavy atom. The molecule has 5 nitrogen and oxygen atoms in total. The van der Waals surface area contributed by atoms with Crippen molar-refractivity contribution in [2.45, 2.75) is 13.3 Å². The Bertz CT molecular complexity index is 559. The maximum atomic E-state index is 11.2. The van der Waals surface area contributed by atoms with E-state index in [1.807, 2.05) is 23.8 Å². The van der Waals surface area contributed by atoms with Crippen molar-refractivity contribution in [2.24, 2.45) is 5.73 Å². The first-order valence-electron chi connectivity index (χ1n) is 5.36. The number of anilines is 1. The SMILES string of the molecule is CCc1nccn1-c1cccc(C(N)=O)c1N. The molecule has 0 fully saturated rings. The number of hydrogen-bond donors (Lipinski definition) is 2. The lowest BCUT2D eigenvalue weighted by Crippen LogP contribution is -2.15. The standard InChI is InChI=1S/C12H14N4O/c1-2-10-15-6-7-16(10)9-5-3-4-8(11(9)13)12(14)17/h3-7H,2,13H2,1H3,(H2,14,17). The van der Waals surface area contributed by atoms with Crippen LogP contribution >= 0.6 is 0 Å². The monoisotopic (exact) mass is 230 g/mol. The summed E-state index contributed by atoms with van der Waals surface area (Å²) < 4.78 is 1.86. The van der Waals surface area contributed by atoms with E-state index in [0.29, 0.717) is 11.3 Å². The first-order chi connectivity index (χ1) is 8.15. The van der Waals surface area contributed by atoms with E-state index in [9.17, 15) is 4.79 Å². The van der Waals surface area contributed by atoms with Crippen LogP contribution in [0.5, 0.6) is 0 Å². The van der Waals surface area contributed by atoms with E-state index in [2.05, 4.69) is 4.98 Å². The molecule has 1 aromatic carbocycles. The Morgan fingerprint density at radius 1 is 1.47 bits per heavy atom. The molecule has 0 atom stereocenters. The zero-order chi connectivity index (χ0) is 12.4. The molecule has 0 aliphatic carbocycles. The summed E-state index contributed by atoms with van der Waals surface area (Å²) in [6.07, 6.45) is 4.30. The Labute approximate surface area is 99.1 Å². The fourth-order valence-corrected chi connectivity index (χ4v) is 1.79. The van der Waals surface area contributed by atoms with Crippen LogP contribution in [0.15, 0.2) is 30.6 Å². The van der Waals surface area contributed by atoms with Crippen LogP contribution in [0.2, 0.25) is 0 Å². The van der Waals surface area contributed by atoms with E-state index in [1.54, 1.807) is 18.3 Å². The molecule has 1 aromatic heterocycles. The third-order valence-electron chi connectivity index (χ3n) is 2.64. The van der Waals surface area contributed by atoms with Gasteiger partial charge in [-0.1, -0.05) is 13.0 Å². The van der Waals surface area contributed by atoms with Gasteiger partial charge in [-0.05, 0) is 12.1 Å². The number of carbonyl (C=O) groups is 1. The molecule has 0 saturated carbocycles. The summed E-state index contributed by atoms with van der Waals surface area (Å²) in [5.41, 5.74) is 12.7. The van der Waals surface area contributed by atoms with E-state index in [4.69, 9.17) is 11.5 Å². The molecule has 0 bridgehead atoms. The number of hydrogen-bond acceptors (Lipinski definition) is 3. The first-order valence-corrected chi connectivity index (χ1v) is 5.36. The van der Waals surface area contributed by atoms with Crippen molar-refractivity contribution in [3.63, 3.8) is 0 Å². The molecule has 0 unspecified atom stereocenters. The van der Waals surface area contributed by atoms with Gasteiger partial charge in [0.15, 0.2) is 0 Å². The highest BCUT2D eigenvalue weighted by atomic mass is 16.1. The van der Waals surface area contributed by atoms with Gasteiger partial charge < -0.3 is 16.0 Å². The Morgan fingerprint density at radius 3 is 2.88 bits per heavy atom. The molecule has 0 saturated heterocycles. The van der Waals surface area contributed by atoms with Crippen LogP contribution in [-0.2, 0) is 6.42 Å². The van der Waals surface area contributed by atoms with Crippen LogP contribution < -0.4 is 11.5 Å². The number of nitrogens with two attached hydrogens (primary N) is 2. The number of benzene rings is 1. The maximum absolute atomic E-state index is 11.2. The molecular weight excluding hydrogens is 216 g/mol. The molecule has 4 N–H and O–H groups in total. The van der Waals surface area contributed by atoms with Gasteiger partial charge in [0.1, 0.15) is 5.82 Å². The summed E-state index contributed by atoms with van der Waals surface area (Å²) in [5, 5.41) is 0. The van der Waals surface area contributed by atoms with Gasteiger partial charge in [-0.3, -0.25) is 4.79 Å². The number of aromatic nitrogens is 2. The molecule has 0 radical (unpaired) electrons. The van der Waals surface area contributed by atoms with Gasteiger partial charge in [-0.15, -0.1) is 0 Å². The molecule has 5 heteroatoms. The summed E-state index contributed by atoms with van der Waals surface area (Å²) >= 11 is 0.